The van der Waals surface area contributed by atoms with E-state index in [1.54, 1.807) is 13.8 Å². The fourth-order valence-corrected chi connectivity index (χ4v) is 2.14. The Morgan fingerprint density at radius 3 is 2.14 bits per heavy atom. The molecule has 0 amide bonds. The number of nitrogens with zero attached hydrogens (tertiary/aromatic N) is 1. The summed E-state index contributed by atoms with van der Waals surface area (Å²) in [6.07, 6.45) is 3.69. The van der Waals surface area contributed by atoms with Gasteiger partial charge in [0.25, 0.3) is 0 Å². The zero-order chi connectivity index (χ0) is 10.8. The molecule has 0 aromatic carbocycles. The SMILES string of the molecule is CCC1(C)CCN(CC(C)(C)F)CC1. The van der Waals surface area contributed by atoms with Gasteiger partial charge >= 0.3 is 0 Å². The monoisotopic (exact) mass is 201 g/mol. The van der Waals surface area contributed by atoms with Crippen LogP contribution in [0.2, 0.25) is 0 Å². The zero-order valence-electron chi connectivity index (χ0n) is 10.1. The smallest absolute Gasteiger partial charge is 0.118 e. The van der Waals surface area contributed by atoms with Gasteiger partial charge < -0.3 is 4.90 Å². The third-order valence-corrected chi connectivity index (χ3v) is 3.52. The Hall–Kier alpha value is -0.110. The molecule has 84 valence electrons. The van der Waals surface area contributed by atoms with E-state index >= 15 is 0 Å². The van der Waals surface area contributed by atoms with E-state index in [1.165, 1.54) is 19.3 Å². The number of alkyl halides is 1. The Morgan fingerprint density at radius 1 is 1.29 bits per heavy atom. The summed E-state index contributed by atoms with van der Waals surface area (Å²) in [6.45, 7) is 10.7. The van der Waals surface area contributed by atoms with Crippen molar-refractivity contribution in [3.05, 3.63) is 0 Å². The summed E-state index contributed by atoms with van der Waals surface area (Å²) >= 11 is 0. The van der Waals surface area contributed by atoms with Crippen LogP contribution >= 0.6 is 0 Å². The first-order valence-corrected chi connectivity index (χ1v) is 5.76. The zero-order valence-corrected chi connectivity index (χ0v) is 10.1. The maximum atomic E-state index is 13.4. The largest absolute Gasteiger partial charge is 0.300 e. The second kappa shape index (κ2) is 4.18. The normalized spacial score (nSPS) is 23.8. The molecule has 0 radical (unpaired) electrons. The molecule has 0 aliphatic carbocycles. The highest BCUT2D eigenvalue weighted by atomic mass is 19.1. The van der Waals surface area contributed by atoms with Crippen LogP contribution in [0.4, 0.5) is 4.39 Å². The molecule has 0 atom stereocenters. The van der Waals surface area contributed by atoms with Crippen LogP contribution in [0, 0.1) is 5.41 Å². The lowest BCUT2D eigenvalue weighted by atomic mass is 9.78. The number of rotatable bonds is 3. The quantitative estimate of drug-likeness (QED) is 0.677. The number of hydrogen-bond donors (Lipinski definition) is 0. The molecule has 1 nitrogen and oxygen atoms in total. The van der Waals surface area contributed by atoms with Crippen molar-refractivity contribution < 1.29 is 4.39 Å². The van der Waals surface area contributed by atoms with Gasteiger partial charge in [0.05, 0.1) is 0 Å². The summed E-state index contributed by atoms with van der Waals surface area (Å²) in [5.74, 6) is 0. The molecular weight excluding hydrogens is 177 g/mol. The average Bonchev–Trinajstić information content (AvgIpc) is 2.07. The molecular formula is C12H24FN. The van der Waals surface area contributed by atoms with Crippen LogP contribution in [0.3, 0.4) is 0 Å². The topological polar surface area (TPSA) is 3.24 Å². The first kappa shape index (κ1) is 12.0. The highest BCUT2D eigenvalue weighted by Gasteiger charge is 2.30. The van der Waals surface area contributed by atoms with Crippen molar-refractivity contribution in [3.8, 4) is 0 Å². The van der Waals surface area contributed by atoms with Crippen molar-refractivity contribution in [1.82, 2.24) is 4.90 Å². The van der Waals surface area contributed by atoms with Crippen molar-refractivity contribution in [2.75, 3.05) is 19.6 Å². The third kappa shape index (κ3) is 3.56. The molecule has 1 saturated heterocycles. The molecule has 0 spiro atoms. The molecule has 1 aliphatic heterocycles. The van der Waals surface area contributed by atoms with Crippen molar-refractivity contribution in [1.29, 1.82) is 0 Å². The van der Waals surface area contributed by atoms with Crippen LogP contribution in [0.5, 0.6) is 0 Å². The van der Waals surface area contributed by atoms with Gasteiger partial charge in [-0.05, 0) is 45.2 Å². The minimum absolute atomic E-state index is 0.511. The minimum atomic E-state index is -1.04. The Morgan fingerprint density at radius 2 is 1.79 bits per heavy atom. The summed E-state index contributed by atoms with van der Waals surface area (Å²) in [7, 11) is 0. The van der Waals surface area contributed by atoms with E-state index in [4.69, 9.17) is 0 Å². The minimum Gasteiger partial charge on any atom is -0.300 e. The van der Waals surface area contributed by atoms with Gasteiger partial charge in [-0.1, -0.05) is 20.3 Å². The molecule has 14 heavy (non-hydrogen) atoms. The highest BCUT2D eigenvalue weighted by Crippen LogP contribution is 2.34. The number of hydrogen-bond acceptors (Lipinski definition) is 1. The maximum Gasteiger partial charge on any atom is 0.118 e. The van der Waals surface area contributed by atoms with E-state index in [9.17, 15) is 4.39 Å². The van der Waals surface area contributed by atoms with Crippen LogP contribution < -0.4 is 0 Å². The van der Waals surface area contributed by atoms with Crippen molar-refractivity contribution in [2.45, 2.75) is 52.6 Å². The van der Waals surface area contributed by atoms with E-state index in [-0.39, 0.29) is 0 Å². The Balaban J connectivity index is 2.36. The molecule has 2 heteroatoms. The van der Waals surface area contributed by atoms with E-state index in [0.717, 1.165) is 13.1 Å². The van der Waals surface area contributed by atoms with Gasteiger partial charge in [0.2, 0.25) is 0 Å². The van der Waals surface area contributed by atoms with E-state index in [0.29, 0.717) is 12.0 Å². The predicted molar refractivity (Wildman–Crippen MR) is 59.3 cm³/mol. The standard InChI is InChI=1S/C12H24FN/c1-5-12(4)6-8-14(9-7-12)10-11(2,3)13/h5-10H2,1-4H3. The first-order valence-electron chi connectivity index (χ1n) is 5.76. The van der Waals surface area contributed by atoms with Gasteiger partial charge in [-0.3, -0.25) is 0 Å². The average molecular weight is 201 g/mol. The maximum absolute atomic E-state index is 13.4. The summed E-state index contributed by atoms with van der Waals surface area (Å²) in [5, 5.41) is 0. The van der Waals surface area contributed by atoms with E-state index in [2.05, 4.69) is 18.7 Å². The van der Waals surface area contributed by atoms with Gasteiger partial charge in [-0.2, -0.15) is 0 Å². The van der Waals surface area contributed by atoms with Crippen LogP contribution in [-0.2, 0) is 0 Å². The second-order valence-electron chi connectivity index (χ2n) is 5.66. The molecule has 0 aromatic heterocycles. The number of likely N-dealkylation sites (tertiary alicyclic amines) is 1. The summed E-state index contributed by atoms with van der Waals surface area (Å²) in [6, 6.07) is 0. The van der Waals surface area contributed by atoms with Crippen LogP contribution in [0.15, 0.2) is 0 Å². The van der Waals surface area contributed by atoms with E-state index in [1.807, 2.05) is 0 Å². The summed E-state index contributed by atoms with van der Waals surface area (Å²) in [5.41, 5.74) is -0.531. The number of halogens is 1. The molecule has 0 aromatic rings. The fourth-order valence-electron chi connectivity index (χ4n) is 2.14. The van der Waals surface area contributed by atoms with Gasteiger partial charge in [-0.25, -0.2) is 4.39 Å². The molecule has 0 N–H and O–H groups in total. The molecule has 1 heterocycles. The third-order valence-electron chi connectivity index (χ3n) is 3.52. The predicted octanol–water partition coefficient (Wildman–Crippen LogP) is 3.25. The van der Waals surface area contributed by atoms with Gasteiger partial charge in [0, 0.05) is 6.54 Å². The Bertz CT molecular complexity index is 175. The first-order chi connectivity index (χ1) is 6.35. The molecule has 0 bridgehead atoms. The summed E-state index contributed by atoms with van der Waals surface area (Å²) in [4.78, 5) is 2.26. The highest BCUT2D eigenvalue weighted by molar-refractivity contribution is 4.83. The van der Waals surface area contributed by atoms with Gasteiger partial charge in [-0.15, -0.1) is 0 Å². The molecule has 1 rings (SSSR count). The Labute approximate surface area is 87.7 Å². The van der Waals surface area contributed by atoms with Gasteiger partial charge in [0.1, 0.15) is 5.67 Å². The summed E-state index contributed by atoms with van der Waals surface area (Å²) < 4.78 is 13.4. The fraction of sp³-hybridized carbons (Fsp3) is 1.00. The molecule has 1 fully saturated rings. The lowest BCUT2D eigenvalue weighted by Crippen LogP contribution is -2.43. The number of piperidine rings is 1. The molecule has 0 saturated carbocycles. The van der Waals surface area contributed by atoms with Crippen molar-refractivity contribution in [2.24, 2.45) is 5.41 Å². The van der Waals surface area contributed by atoms with Crippen molar-refractivity contribution >= 4 is 0 Å². The molecule has 0 unspecified atom stereocenters. The van der Waals surface area contributed by atoms with Crippen LogP contribution in [0.1, 0.15) is 47.0 Å². The van der Waals surface area contributed by atoms with E-state index < -0.39 is 5.67 Å². The second-order valence-corrected chi connectivity index (χ2v) is 5.66. The van der Waals surface area contributed by atoms with Gasteiger partial charge in [0.15, 0.2) is 0 Å². The molecule has 1 aliphatic rings. The lowest BCUT2D eigenvalue weighted by Gasteiger charge is -2.40. The van der Waals surface area contributed by atoms with Crippen LogP contribution in [0.25, 0.3) is 0 Å². The van der Waals surface area contributed by atoms with Crippen LogP contribution in [-0.4, -0.2) is 30.2 Å². The van der Waals surface area contributed by atoms with Crippen molar-refractivity contribution in [3.63, 3.8) is 0 Å². The lowest BCUT2D eigenvalue weighted by molar-refractivity contribution is 0.0649. The Kier molecular flexibility index (Phi) is 3.57.